The number of ether oxygens (including phenoxy) is 1. The molecule has 0 atom stereocenters. The van der Waals surface area contributed by atoms with Crippen molar-refractivity contribution >= 4 is 14.6 Å². The second-order valence-electron chi connectivity index (χ2n) is 2.72. The third kappa shape index (κ3) is 17.1. The molecular formula is C13H18CrO7P+7. The Kier molecular flexibility index (Phi) is 33.0. The van der Waals surface area contributed by atoms with Gasteiger partial charge in [-0.25, -0.2) is 4.79 Å². The van der Waals surface area contributed by atoms with Crippen molar-refractivity contribution in [1.29, 1.82) is 0 Å². The molecule has 1 aromatic rings. The van der Waals surface area contributed by atoms with Crippen LogP contribution < -0.4 is 0 Å². The van der Waals surface area contributed by atoms with Crippen LogP contribution in [0.4, 0.5) is 0 Å². The van der Waals surface area contributed by atoms with E-state index >= 15 is 0 Å². The second-order valence-corrected chi connectivity index (χ2v) is 4.44. The van der Waals surface area contributed by atoms with E-state index in [9.17, 15) is 4.79 Å². The molecule has 9 heteroatoms. The van der Waals surface area contributed by atoms with Crippen LogP contribution in [-0.2, 0) is 45.0 Å². The average molecular weight is 369 g/mol. The fourth-order valence-corrected chi connectivity index (χ4v) is 1.44. The summed E-state index contributed by atoms with van der Waals surface area (Å²) in [5, 5.41) is 0. The summed E-state index contributed by atoms with van der Waals surface area (Å²) in [6, 6.07) is 8.88. The zero-order chi connectivity index (χ0) is 17.1. The van der Waals surface area contributed by atoms with E-state index in [1.165, 1.54) is 7.11 Å². The number of hydrogen-bond acceptors (Lipinski definition) is 5. The molecule has 7 nitrogen and oxygen atoms in total. The fourth-order valence-electron chi connectivity index (χ4n) is 0.942. The Hall–Kier alpha value is -0.988. The van der Waals surface area contributed by atoms with Crippen LogP contribution in [0.2, 0.25) is 0 Å². The summed E-state index contributed by atoms with van der Waals surface area (Å²) in [7, 11) is 4.68. The van der Waals surface area contributed by atoms with Gasteiger partial charge in [-0.2, -0.15) is 13.6 Å². The summed E-state index contributed by atoms with van der Waals surface area (Å²) in [6.07, 6.45) is 0. The molecule has 0 amide bonds. The molecule has 0 spiro atoms. The van der Waals surface area contributed by atoms with E-state index < -0.39 is 8.60 Å². The summed E-state index contributed by atoms with van der Waals surface area (Å²) in [4.78, 5) is 10.8. The van der Waals surface area contributed by atoms with Gasteiger partial charge in [0.1, 0.15) is 0 Å². The molecule has 0 aliphatic heterocycles. The maximum Gasteiger partial charge on any atom is 6.00 e. The van der Waals surface area contributed by atoms with Crippen molar-refractivity contribution in [2.24, 2.45) is 0 Å². The molecule has 0 radical (unpaired) electrons. The van der Waals surface area contributed by atoms with Crippen LogP contribution in [0.25, 0.3) is 0 Å². The zero-order valence-corrected chi connectivity index (χ0v) is 14.9. The Morgan fingerprint density at radius 1 is 0.909 bits per heavy atom. The van der Waals surface area contributed by atoms with Crippen molar-refractivity contribution in [3.63, 3.8) is 0 Å². The molecule has 116 valence electrons. The molecule has 0 aromatic heterocycles. The predicted molar refractivity (Wildman–Crippen MR) is 75.0 cm³/mol. The molecule has 22 heavy (non-hydrogen) atoms. The van der Waals surface area contributed by atoms with Crippen molar-refractivity contribution in [3.05, 3.63) is 49.2 Å². The maximum absolute atomic E-state index is 10.8. The van der Waals surface area contributed by atoms with Gasteiger partial charge < -0.3 is 4.74 Å². The maximum atomic E-state index is 10.8. The van der Waals surface area contributed by atoms with Crippen LogP contribution in [0.5, 0.6) is 0 Å². The summed E-state index contributed by atoms with van der Waals surface area (Å²) in [5.74, 6) is -0.291. The van der Waals surface area contributed by atoms with Gasteiger partial charge >= 0.3 is 54.5 Å². The van der Waals surface area contributed by atoms with Gasteiger partial charge in [0, 0.05) is 0 Å². The minimum Gasteiger partial charge on any atom is 6.00 e. The van der Waals surface area contributed by atoms with Crippen molar-refractivity contribution in [2.45, 2.75) is 0 Å². The number of carbonyl (C=O) groups is 1. The van der Waals surface area contributed by atoms with Gasteiger partial charge in [0.05, 0.1) is 34.0 Å². The largest absolute Gasteiger partial charge is 6.00 e. The number of rotatable bonds is 4. The first-order valence-corrected chi connectivity index (χ1v) is 6.45. The number of esters is 1. The molecule has 0 N–H and O–H groups in total. The van der Waals surface area contributed by atoms with E-state index in [4.69, 9.17) is 22.9 Å². The van der Waals surface area contributed by atoms with Crippen molar-refractivity contribution in [3.8, 4) is 0 Å². The Morgan fingerprint density at radius 3 is 1.50 bits per heavy atom. The summed E-state index contributed by atoms with van der Waals surface area (Å²) in [5.41, 5.74) is 0.588. The van der Waals surface area contributed by atoms with Crippen LogP contribution in [0, 0.1) is 13.3 Å². The molecule has 0 saturated carbocycles. The van der Waals surface area contributed by atoms with Crippen molar-refractivity contribution in [1.82, 2.24) is 0 Å². The normalized spacial score (nSPS) is 7.50. The van der Waals surface area contributed by atoms with Gasteiger partial charge in [-0.1, -0.05) is 18.2 Å². The number of benzene rings is 1. The van der Waals surface area contributed by atoms with Gasteiger partial charge in [0.15, 0.2) is 0 Å². The van der Waals surface area contributed by atoms with E-state index in [-0.39, 0.29) is 23.3 Å². The zero-order valence-electron chi connectivity index (χ0n) is 12.7. The Labute approximate surface area is 142 Å². The molecule has 1 aromatic carbocycles. The molecule has 0 aliphatic carbocycles. The van der Waals surface area contributed by atoms with E-state index in [2.05, 4.69) is 18.0 Å². The van der Waals surface area contributed by atoms with Crippen LogP contribution in [-0.4, -0.2) is 34.4 Å². The topological polar surface area (TPSA) is 93.8 Å². The standard InChI is InChI=1S/C8H8O2.C3H10O3P.2CO.Cr/c1-10-8(9)7-5-3-2-4-6-7;1-4-7(5-2)6-3;2*1-2;/h2-6H,1H3;7H,1-3H3;;;/q;+1;;;+6. The van der Waals surface area contributed by atoms with Crippen LogP contribution >= 0.6 is 8.60 Å². The first kappa shape index (κ1) is 29.1. The summed E-state index contributed by atoms with van der Waals surface area (Å²) in [6.45, 7) is 9.00. The quantitative estimate of drug-likeness (QED) is 0.351. The van der Waals surface area contributed by atoms with Gasteiger partial charge in [-0.15, -0.1) is 0 Å². The van der Waals surface area contributed by atoms with E-state index in [0.717, 1.165) is 0 Å². The summed E-state index contributed by atoms with van der Waals surface area (Å²) >= 11 is 0. The van der Waals surface area contributed by atoms with Crippen LogP contribution in [0.15, 0.2) is 30.3 Å². The van der Waals surface area contributed by atoms with E-state index in [1.54, 1.807) is 45.6 Å². The average Bonchev–Trinajstić information content (AvgIpc) is 2.60. The van der Waals surface area contributed by atoms with Gasteiger partial charge in [-0.3, -0.25) is 0 Å². The van der Waals surface area contributed by atoms with E-state index in [1.807, 2.05) is 6.07 Å². The number of carbonyl (C=O) groups excluding carboxylic acids is 1. The molecule has 0 heterocycles. The number of methoxy groups -OCH3 is 1. The Balaban J connectivity index is -0.000000120. The molecule has 0 bridgehead atoms. The minimum atomic E-state index is -1.36. The monoisotopic (exact) mass is 369 g/mol. The fraction of sp³-hybridized carbons (Fsp3) is 0.308. The molecule has 0 fully saturated rings. The molecule has 0 aliphatic rings. The van der Waals surface area contributed by atoms with Crippen LogP contribution in [0.3, 0.4) is 0 Å². The third-order valence-electron chi connectivity index (χ3n) is 1.69. The second kappa shape index (κ2) is 25.0. The third-order valence-corrected chi connectivity index (χ3v) is 2.69. The minimum absolute atomic E-state index is 0. The van der Waals surface area contributed by atoms with Crippen LogP contribution in [0.1, 0.15) is 10.4 Å². The number of hydrogen-bond donors (Lipinski definition) is 0. The van der Waals surface area contributed by atoms with Gasteiger partial charge in [0.2, 0.25) is 0 Å². The van der Waals surface area contributed by atoms with Gasteiger partial charge in [-0.05, 0) is 12.1 Å². The van der Waals surface area contributed by atoms with E-state index in [0.29, 0.717) is 5.56 Å². The molecule has 1 rings (SSSR count). The van der Waals surface area contributed by atoms with Gasteiger partial charge in [0.25, 0.3) is 0 Å². The molecule has 0 unspecified atom stereocenters. The SMILES string of the molecule is COC(=O)c1ccccc1.CO[PH+](OC)OC.[C-]#[O+].[C-]#[O+].[Cr+6]. The molecule has 0 saturated heterocycles. The smallest absolute Gasteiger partial charge is 6.00 e. The first-order chi connectivity index (χ1) is 10.2. The molecular weight excluding hydrogens is 351 g/mol. The Bertz CT molecular complexity index is 368. The van der Waals surface area contributed by atoms with Crippen molar-refractivity contribution in [2.75, 3.05) is 28.4 Å². The first-order valence-electron chi connectivity index (χ1n) is 5.22. The van der Waals surface area contributed by atoms with Crippen molar-refractivity contribution < 1.29 is 49.8 Å². The summed E-state index contributed by atoms with van der Waals surface area (Å²) < 4.78 is 33.6. The predicted octanol–water partition coefficient (Wildman–Crippen LogP) is 2.28. The Morgan fingerprint density at radius 2 is 1.27 bits per heavy atom.